The number of nitrogens with one attached hydrogen (secondary N) is 1. The van der Waals surface area contributed by atoms with Crippen molar-refractivity contribution in [2.75, 3.05) is 33.8 Å². The molecule has 1 aromatic carbocycles. The summed E-state index contributed by atoms with van der Waals surface area (Å²) in [5.74, 6) is 0.634. The Hall–Kier alpha value is -0.820. The minimum atomic E-state index is -3.55. The molecule has 1 atom stereocenters. The molecule has 1 aliphatic rings. The number of hydrogen-bond donors (Lipinski definition) is 1. The Morgan fingerprint density at radius 3 is 2.90 bits per heavy atom. The van der Waals surface area contributed by atoms with Crippen LogP contribution in [-0.4, -0.2) is 46.5 Å². The fraction of sp³-hybridized carbons (Fsp3) is 0.571. The first-order valence-electron chi connectivity index (χ1n) is 6.97. The average Bonchev–Trinajstić information content (AvgIpc) is 2.47. The predicted molar refractivity (Wildman–Crippen MR) is 83.4 cm³/mol. The van der Waals surface area contributed by atoms with Gasteiger partial charge in [0.2, 0.25) is 10.0 Å². The molecule has 5 nitrogen and oxygen atoms in total. The van der Waals surface area contributed by atoms with Crippen molar-refractivity contribution in [1.29, 1.82) is 0 Å². The number of methoxy groups -OCH3 is 1. The highest BCUT2D eigenvalue weighted by atomic mass is 35.5. The number of piperidine rings is 1. The summed E-state index contributed by atoms with van der Waals surface area (Å²) >= 11 is 5.90. The van der Waals surface area contributed by atoms with Crippen molar-refractivity contribution in [3.8, 4) is 5.75 Å². The fourth-order valence-corrected chi connectivity index (χ4v) is 4.55. The van der Waals surface area contributed by atoms with Gasteiger partial charge in [-0.25, -0.2) is 8.42 Å². The van der Waals surface area contributed by atoms with Gasteiger partial charge in [-0.3, -0.25) is 0 Å². The first-order valence-corrected chi connectivity index (χ1v) is 8.79. The third-order valence-corrected chi connectivity index (χ3v) is 5.86. The normalized spacial score (nSPS) is 20.4. The molecular formula is C14H21ClN2O3S. The van der Waals surface area contributed by atoms with E-state index < -0.39 is 10.0 Å². The molecule has 0 spiro atoms. The Morgan fingerprint density at radius 2 is 2.24 bits per heavy atom. The van der Waals surface area contributed by atoms with Crippen LogP contribution in [0.2, 0.25) is 5.02 Å². The summed E-state index contributed by atoms with van der Waals surface area (Å²) in [5.41, 5.74) is 0. The zero-order chi connectivity index (χ0) is 15.5. The standard InChI is InChI=1S/C14H21ClN2O3S/c1-16-9-11-4-3-7-17(10-11)21(18,19)14-6-5-12(15)8-13(14)20-2/h5-6,8,11,16H,3-4,7,9-10H2,1-2H3. The van der Waals surface area contributed by atoms with Gasteiger partial charge >= 0.3 is 0 Å². The van der Waals surface area contributed by atoms with E-state index in [9.17, 15) is 8.42 Å². The molecule has 0 aliphatic carbocycles. The molecule has 2 rings (SSSR count). The molecule has 1 unspecified atom stereocenters. The van der Waals surface area contributed by atoms with E-state index in [0.29, 0.717) is 29.8 Å². The highest BCUT2D eigenvalue weighted by molar-refractivity contribution is 7.89. The Kier molecular flexibility index (Phi) is 5.48. The largest absolute Gasteiger partial charge is 0.495 e. The quantitative estimate of drug-likeness (QED) is 0.895. The van der Waals surface area contributed by atoms with Crippen LogP contribution in [0.1, 0.15) is 12.8 Å². The summed E-state index contributed by atoms with van der Waals surface area (Å²) in [7, 11) is -0.217. The van der Waals surface area contributed by atoms with Crippen LogP contribution in [0.3, 0.4) is 0 Å². The van der Waals surface area contributed by atoms with Crippen molar-refractivity contribution < 1.29 is 13.2 Å². The van der Waals surface area contributed by atoms with Gasteiger partial charge in [0, 0.05) is 24.2 Å². The van der Waals surface area contributed by atoms with Gasteiger partial charge in [0.05, 0.1) is 7.11 Å². The fourth-order valence-electron chi connectivity index (χ4n) is 2.69. The summed E-state index contributed by atoms with van der Waals surface area (Å²) in [4.78, 5) is 0.180. The van der Waals surface area contributed by atoms with Gasteiger partial charge in [-0.2, -0.15) is 4.31 Å². The van der Waals surface area contributed by atoms with Crippen LogP contribution < -0.4 is 10.1 Å². The molecule has 7 heteroatoms. The maximum atomic E-state index is 12.8. The van der Waals surface area contributed by atoms with Crippen LogP contribution in [0.4, 0.5) is 0 Å². The lowest BCUT2D eigenvalue weighted by atomic mass is 10.00. The van der Waals surface area contributed by atoms with E-state index in [0.717, 1.165) is 19.4 Å². The zero-order valence-corrected chi connectivity index (χ0v) is 13.9. The van der Waals surface area contributed by atoms with E-state index in [1.54, 1.807) is 10.4 Å². The number of ether oxygens (including phenoxy) is 1. The average molecular weight is 333 g/mol. The van der Waals surface area contributed by atoms with E-state index in [1.165, 1.54) is 19.2 Å². The lowest BCUT2D eigenvalue weighted by molar-refractivity contribution is 0.262. The van der Waals surface area contributed by atoms with Crippen molar-refractivity contribution in [3.63, 3.8) is 0 Å². The van der Waals surface area contributed by atoms with Gasteiger partial charge in [0.15, 0.2) is 0 Å². The van der Waals surface area contributed by atoms with Crippen molar-refractivity contribution >= 4 is 21.6 Å². The number of rotatable bonds is 5. The minimum Gasteiger partial charge on any atom is -0.495 e. The van der Waals surface area contributed by atoms with E-state index in [2.05, 4.69) is 5.32 Å². The van der Waals surface area contributed by atoms with Crippen LogP contribution in [0, 0.1) is 5.92 Å². The monoisotopic (exact) mass is 332 g/mol. The summed E-state index contributed by atoms with van der Waals surface area (Å²) in [6, 6.07) is 4.62. The summed E-state index contributed by atoms with van der Waals surface area (Å²) in [6.07, 6.45) is 1.92. The van der Waals surface area contributed by atoms with Crippen LogP contribution in [-0.2, 0) is 10.0 Å². The highest BCUT2D eigenvalue weighted by Crippen LogP contribution is 2.31. The molecule has 1 saturated heterocycles. The van der Waals surface area contributed by atoms with Gasteiger partial charge in [-0.15, -0.1) is 0 Å². The third kappa shape index (κ3) is 3.69. The van der Waals surface area contributed by atoms with Gasteiger partial charge in [-0.05, 0) is 44.5 Å². The van der Waals surface area contributed by atoms with Crippen molar-refractivity contribution in [1.82, 2.24) is 9.62 Å². The van der Waals surface area contributed by atoms with Crippen molar-refractivity contribution in [2.45, 2.75) is 17.7 Å². The first kappa shape index (κ1) is 16.5. The molecule has 0 saturated carbocycles. The van der Waals surface area contributed by atoms with Crippen LogP contribution in [0.5, 0.6) is 5.75 Å². The molecular weight excluding hydrogens is 312 g/mol. The van der Waals surface area contributed by atoms with Gasteiger partial charge in [-0.1, -0.05) is 11.6 Å². The Bertz CT molecular complexity index is 590. The van der Waals surface area contributed by atoms with Crippen LogP contribution >= 0.6 is 11.6 Å². The molecule has 1 heterocycles. The van der Waals surface area contributed by atoms with E-state index in [4.69, 9.17) is 16.3 Å². The minimum absolute atomic E-state index is 0.180. The predicted octanol–water partition coefficient (Wildman–Crippen LogP) is 1.97. The molecule has 0 bridgehead atoms. The van der Waals surface area contributed by atoms with Gasteiger partial charge in [0.1, 0.15) is 10.6 Å². The second kappa shape index (κ2) is 6.96. The second-order valence-electron chi connectivity index (χ2n) is 5.22. The summed E-state index contributed by atoms with van der Waals surface area (Å²) in [6.45, 7) is 1.91. The van der Waals surface area contributed by atoms with E-state index in [-0.39, 0.29) is 4.90 Å². The van der Waals surface area contributed by atoms with E-state index in [1.807, 2.05) is 7.05 Å². The number of halogens is 1. The first-order chi connectivity index (χ1) is 9.98. The number of sulfonamides is 1. The van der Waals surface area contributed by atoms with Crippen LogP contribution in [0.25, 0.3) is 0 Å². The zero-order valence-electron chi connectivity index (χ0n) is 12.3. The summed E-state index contributed by atoms with van der Waals surface area (Å²) < 4.78 is 32.3. The molecule has 1 N–H and O–H groups in total. The van der Waals surface area contributed by atoms with E-state index >= 15 is 0 Å². The smallest absolute Gasteiger partial charge is 0.246 e. The third-order valence-electron chi connectivity index (χ3n) is 3.72. The maximum Gasteiger partial charge on any atom is 0.246 e. The summed E-state index contributed by atoms with van der Waals surface area (Å²) in [5, 5.41) is 3.57. The highest BCUT2D eigenvalue weighted by Gasteiger charge is 2.32. The molecule has 21 heavy (non-hydrogen) atoms. The van der Waals surface area contributed by atoms with Crippen molar-refractivity contribution in [2.24, 2.45) is 5.92 Å². The second-order valence-corrected chi connectivity index (χ2v) is 7.57. The Balaban J connectivity index is 2.29. The molecule has 1 aliphatic heterocycles. The van der Waals surface area contributed by atoms with Gasteiger partial charge in [0.25, 0.3) is 0 Å². The van der Waals surface area contributed by atoms with Crippen molar-refractivity contribution in [3.05, 3.63) is 23.2 Å². The molecule has 1 aromatic rings. The Labute approximate surface area is 131 Å². The maximum absolute atomic E-state index is 12.8. The van der Waals surface area contributed by atoms with Gasteiger partial charge < -0.3 is 10.1 Å². The topological polar surface area (TPSA) is 58.6 Å². The number of nitrogens with zero attached hydrogens (tertiary/aromatic N) is 1. The number of benzene rings is 1. The lowest BCUT2D eigenvalue weighted by Gasteiger charge is -2.32. The lowest BCUT2D eigenvalue weighted by Crippen LogP contribution is -2.42. The van der Waals surface area contributed by atoms with Crippen LogP contribution in [0.15, 0.2) is 23.1 Å². The Morgan fingerprint density at radius 1 is 1.48 bits per heavy atom. The molecule has 1 fully saturated rings. The molecule has 118 valence electrons. The molecule has 0 aromatic heterocycles. The molecule has 0 amide bonds. The molecule has 0 radical (unpaired) electrons. The number of hydrogen-bond acceptors (Lipinski definition) is 4. The SMILES string of the molecule is CNCC1CCCN(S(=O)(=O)c2ccc(Cl)cc2OC)C1.